The first-order chi connectivity index (χ1) is 6.07. The van der Waals surface area contributed by atoms with Crippen molar-refractivity contribution >= 4 is 5.91 Å². The van der Waals surface area contributed by atoms with Gasteiger partial charge in [-0.05, 0) is 20.8 Å². The van der Waals surface area contributed by atoms with Crippen LogP contribution in [0.1, 0.15) is 20.8 Å². The van der Waals surface area contributed by atoms with Gasteiger partial charge in [0.15, 0.2) is 6.10 Å². The maximum atomic E-state index is 11.7. The highest BCUT2D eigenvalue weighted by molar-refractivity contribution is 5.74. The van der Waals surface area contributed by atoms with Crippen LogP contribution in [0.2, 0.25) is 0 Å². The molecular weight excluding hydrogens is 170 g/mol. The van der Waals surface area contributed by atoms with Crippen LogP contribution in [0.3, 0.4) is 0 Å². The van der Waals surface area contributed by atoms with Crippen molar-refractivity contribution in [3.63, 3.8) is 0 Å². The Balaban J connectivity index is 4.63. The lowest BCUT2D eigenvalue weighted by Crippen LogP contribution is -2.57. The molecule has 0 saturated carbocycles. The van der Waals surface area contributed by atoms with E-state index in [9.17, 15) is 9.90 Å². The lowest BCUT2D eigenvalue weighted by atomic mass is 10.2. The van der Waals surface area contributed by atoms with Crippen molar-refractivity contribution in [3.05, 3.63) is 0 Å². The molecule has 2 N–H and O–H groups in total. The second-order valence-electron chi connectivity index (χ2n) is 3.13. The average molecular weight is 190 g/mol. The van der Waals surface area contributed by atoms with E-state index >= 15 is 0 Å². The predicted molar refractivity (Wildman–Crippen MR) is 50.0 cm³/mol. The van der Waals surface area contributed by atoms with Crippen LogP contribution in [0.15, 0.2) is 0 Å². The normalized spacial score (nSPS) is 14.2. The van der Waals surface area contributed by atoms with E-state index in [0.717, 1.165) is 0 Å². The molecule has 0 radical (unpaired) electrons. The van der Waals surface area contributed by atoms with Gasteiger partial charge in [-0.1, -0.05) is 0 Å². The Morgan fingerprint density at radius 1 is 1.23 bits per heavy atom. The summed E-state index contributed by atoms with van der Waals surface area (Å²) in [7, 11) is 0. The summed E-state index contributed by atoms with van der Waals surface area (Å²) in [4.78, 5) is 11.7. The van der Waals surface area contributed by atoms with Gasteiger partial charge in [0.2, 0.25) is 0 Å². The summed E-state index contributed by atoms with van der Waals surface area (Å²) in [6.07, 6.45) is -1.24. The molecule has 0 bridgehead atoms. The number of carbonyl (C=O) groups excluding carboxylic acids is 1. The van der Waals surface area contributed by atoms with E-state index in [0.29, 0.717) is 19.6 Å². The molecule has 0 aromatic heterocycles. The lowest BCUT2D eigenvalue weighted by Gasteiger charge is -2.33. The summed E-state index contributed by atoms with van der Waals surface area (Å²) in [6, 6.07) is 0. The highest BCUT2D eigenvalue weighted by Crippen LogP contribution is 2.09. The van der Waals surface area contributed by atoms with Gasteiger partial charge in [0.1, 0.15) is 0 Å². The zero-order valence-electron chi connectivity index (χ0n) is 8.66. The van der Waals surface area contributed by atoms with E-state index in [1.165, 1.54) is 0 Å². The maximum absolute atomic E-state index is 11.7. The zero-order valence-corrected chi connectivity index (χ0v) is 8.66. The molecule has 13 heavy (non-hydrogen) atoms. The van der Waals surface area contributed by atoms with Gasteiger partial charge in [0, 0.05) is 0 Å². The van der Waals surface area contributed by atoms with Crippen molar-refractivity contribution < 1.29 is 19.5 Å². The van der Waals surface area contributed by atoms with Gasteiger partial charge in [-0.3, -0.25) is 4.48 Å². The van der Waals surface area contributed by atoms with Crippen LogP contribution >= 0.6 is 0 Å². The molecule has 0 fully saturated rings. The minimum Gasteiger partial charge on any atom is -0.393 e. The molecular formula is C9H20NO3+. The van der Waals surface area contributed by atoms with Crippen LogP contribution in [0.5, 0.6) is 0 Å². The quantitative estimate of drug-likeness (QED) is 0.587. The minimum absolute atomic E-state index is 0.238. The van der Waals surface area contributed by atoms with E-state index in [2.05, 4.69) is 0 Å². The van der Waals surface area contributed by atoms with Crippen LogP contribution in [0, 0.1) is 0 Å². The van der Waals surface area contributed by atoms with Crippen molar-refractivity contribution in [2.75, 3.05) is 26.2 Å². The Kier molecular flexibility index (Phi) is 5.13. The zero-order chi connectivity index (χ0) is 10.5. The molecule has 1 atom stereocenters. The first kappa shape index (κ1) is 12.6. The van der Waals surface area contributed by atoms with Gasteiger partial charge in [-0.25, -0.2) is 4.79 Å². The number of nitrogens with zero attached hydrogens (tertiary/aromatic N) is 1. The number of hydrogen-bond acceptors (Lipinski definition) is 3. The van der Waals surface area contributed by atoms with Crippen LogP contribution in [-0.4, -0.2) is 52.9 Å². The Morgan fingerprint density at radius 2 is 1.62 bits per heavy atom. The summed E-state index contributed by atoms with van der Waals surface area (Å²) >= 11 is 0. The van der Waals surface area contributed by atoms with Gasteiger partial charge in [-0.2, -0.15) is 0 Å². The highest BCUT2D eigenvalue weighted by Gasteiger charge is 2.36. The van der Waals surface area contributed by atoms with Crippen molar-refractivity contribution in [2.24, 2.45) is 0 Å². The summed E-state index contributed by atoms with van der Waals surface area (Å²) < 4.78 is 0.238. The van der Waals surface area contributed by atoms with E-state index in [1.54, 1.807) is 0 Å². The third-order valence-electron chi connectivity index (χ3n) is 2.74. The minimum atomic E-state index is -1.24. The predicted octanol–water partition coefficient (Wildman–Crippen LogP) is -0.257. The third kappa shape index (κ3) is 2.49. The van der Waals surface area contributed by atoms with E-state index < -0.39 is 12.7 Å². The molecule has 0 saturated heterocycles. The number of quaternary nitrogens is 1. The second kappa shape index (κ2) is 5.32. The first-order valence-electron chi connectivity index (χ1n) is 4.77. The molecule has 0 aliphatic carbocycles. The molecule has 0 rings (SSSR count). The van der Waals surface area contributed by atoms with E-state index in [1.807, 2.05) is 20.8 Å². The first-order valence-corrected chi connectivity index (χ1v) is 4.77. The average Bonchev–Trinajstić information content (AvgIpc) is 2.20. The molecule has 0 heterocycles. The molecule has 0 aromatic carbocycles. The third-order valence-corrected chi connectivity index (χ3v) is 2.74. The SMILES string of the molecule is CC[N+](CC)(CC)C(=O)C(O)CO. The topological polar surface area (TPSA) is 57.5 Å². The Labute approximate surface area is 79.4 Å². The fourth-order valence-corrected chi connectivity index (χ4v) is 1.53. The van der Waals surface area contributed by atoms with Gasteiger partial charge < -0.3 is 10.2 Å². The Morgan fingerprint density at radius 3 is 1.85 bits per heavy atom. The molecule has 0 aliphatic rings. The molecule has 0 aliphatic heterocycles. The number of likely N-dealkylation sites (N-methyl/N-ethyl adjacent to an activating group) is 1. The maximum Gasteiger partial charge on any atom is 0.344 e. The monoisotopic (exact) mass is 190 g/mol. The number of carbonyl (C=O) groups is 1. The number of rotatable bonds is 5. The largest absolute Gasteiger partial charge is 0.393 e. The number of aliphatic hydroxyl groups is 2. The Hall–Kier alpha value is -0.450. The Bertz CT molecular complexity index is 158. The van der Waals surface area contributed by atoms with Gasteiger partial charge >= 0.3 is 5.91 Å². The fraction of sp³-hybridized carbons (Fsp3) is 0.889. The van der Waals surface area contributed by atoms with Gasteiger partial charge in [-0.15, -0.1) is 0 Å². The molecule has 4 heteroatoms. The fourth-order valence-electron chi connectivity index (χ4n) is 1.53. The molecule has 4 nitrogen and oxygen atoms in total. The van der Waals surface area contributed by atoms with Crippen molar-refractivity contribution in [2.45, 2.75) is 26.9 Å². The standard InChI is InChI=1S/C9H20NO3/c1-4-10(5-2,6-3)9(13)8(12)7-11/h8,11-12H,4-7H2,1-3H3/q+1. The van der Waals surface area contributed by atoms with Gasteiger partial charge in [0.05, 0.1) is 26.2 Å². The summed E-state index contributed by atoms with van der Waals surface area (Å²) in [5.74, 6) is -0.282. The molecule has 78 valence electrons. The molecule has 1 amide bonds. The second-order valence-corrected chi connectivity index (χ2v) is 3.13. The van der Waals surface area contributed by atoms with Crippen LogP contribution in [-0.2, 0) is 4.79 Å². The smallest absolute Gasteiger partial charge is 0.344 e. The van der Waals surface area contributed by atoms with Crippen molar-refractivity contribution in [1.82, 2.24) is 0 Å². The van der Waals surface area contributed by atoms with E-state index in [-0.39, 0.29) is 10.4 Å². The number of amides is 1. The summed E-state index contributed by atoms with van der Waals surface area (Å²) in [5.41, 5.74) is 0. The molecule has 0 spiro atoms. The summed E-state index contributed by atoms with van der Waals surface area (Å²) in [5, 5.41) is 17.9. The van der Waals surface area contributed by atoms with Crippen molar-refractivity contribution in [3.8, 4) is 0 Å². The van der Waals surface area contributed by atoms with Crippen LogP contribution < -0.4 is 0 Å². The lowest BCUT2D eigenvalue weighted by molar-refractivity contribution is -0.850. The molecule has 1 unspecified atom stereocenters. The van der Waals surface area contributed by atoms with Crippen molar-refractivity contribution in [1.29, 1.82) is 0 Å². The number of hydrogen-bond donors (Lipinski definition) is 2. The highest BCUT2D eigenvalue weighted by atomic mass is 16.3. The number of aliphatic hydroxyl groups excluding tert-OH is 2. The van der Waals surface area contributed by atoms with Gasteiger partial charge in [0.25, 0.3) is 0 Å². The van der Waals surface area contributed by atoms with E-state index in [4.69, 9.17) is 5.11 Å². The van der Waals surface area contributed by atoms with Crippen LogP contribution in [0.25, 0.3) is 0 Å². The van der Waals surface area contributed by atoms with Crippen LogP contribution in [0.4, 0.5) is 0 Å². The summed E-state index contributed by atoms with van der Waals surface area (Å²) in [6.45, 7) is 7.21. The molecule has 0 aromatic rings.